The van der Waals surface area contributed by atoms with Crippen LogP contribution in [0.2, 0.25) is 0 Å². The van der Waals surface area contributed by atoms with E-state index in [1.807, 2.05) is 52.0 Å². The van der Waals surface area contributed by atoms with E-state index in [-0.39, 0.29) is 11.9 Å². The van der Waals surface area contributed by atoms with Gasteiger partial charge in [-0.25, -0.2) is 9.67 Å². The van der Waals surface area contributed by atoms with Crippen LogP contribution in [0.1, 0.15) is 35.8 Å². The van der Waals surface area contributed by atoms with Crippen molar-refractivity contribution in [2.75, 3.05) is 26.2 Å². The molecule has 4 aromatic rings. The Balaban J connectivity index is 1.42. The Kier molecular flexibility index (Phi) is 5.92. The van der Waals surface area contributed by atoms with Gasteiger partial charge in [0, 0.05) is 44.3 Å². The first-order chi connectivity index (χ1) is 16.1. The van der Waals surface area contributed by atoms with E-state index >= 15 is 0 Å². The van der Waals surface area contributed by atoms with Gasteiger partial charge in [-0.05, 0) is 25.5 Å². The summed E-state index contributed by atoms with van der Waals surface area (Å²) in [5, 5.41) is 5.37. The van der Waals surface area contributed by atoms with E-state index in [9.17, 15) is 4.79 Å². The Hall–Kier alpha value is -3.51. The highest BCUT2D eigenvalue weighted by Crippen LogP contribution is 2.27. The molecular weight excluding hydrogens is 410 g/mol. The molecule has 0 radical (unpaired) electrons. The fourth-order valence-electron chi connectivity index (χ4n) is 4.45. The number of carbonyl (C=O) groups is 1. The van der Waals surface area contributed by atoms with Crippen molar-refractivity contribution in [2.45, 2.75) is 26.4 Å². The number of benzene rings is 2. The monoisotopic (exact) mass is 439 g/mol. The standard InChI is InChI=1S/C27H29N5O/c1-20(2)32-26-24(18-28-32)23(17-25(29-26)22-11-7-4-8-12-22)27(33)31-15-13-30(14-16-31)19-21-9-5-3-6-10-21/h3-12,17-18,20H,13-16,19H2,1-2H3. The normalized spacial score (nSPS) is 14.8. The lowest BCUT2D eigenvalue weighted by Crippen LogP contribution is -2.48. The molecule has 0 N–H and O–H groups in total. The number of pyridine rings is 1. The fourth-order valence-corrected chi connectivity index (χ4v) is 4.45. The van der Waals surface area contributed by atoms with Gasteiger partial charge in [-0.3, -0.25) is 9.69 Å². The van der Waals surface area contributed by atoms with Crippen LogP contribution in [0, 0.1) is 0 Å². The lowest BCUT2D eigenvalue weighted by Gasteiger charge is -2.35. The Morgan fingerprint density at radius 3 is 2.27 bits per heavy atom. The SMILES string of the molecule is CC(C)n1ncc2c(C(=O)N3CCN(Cc4ccccc4)CC3)cc(-c3ccccc3)nc21. The van der Waals surface area contributed by atoms with Gasteiger partial charge in [0.25, 0.3) is 5.91 Å². The van der Waals surface area contributed by atoms with E-state index in [1.165, 1.54) is 5.56 Å². The van der Waals surface area contributed by atoms with Gasteiger partial charge in [0.1, 0.15) is 0 Å². The molecule has 0 aliphatic carbocycles. The third kappa shape index (κ3) is 4.39. The third-order valence-electron chi connectivity index (χ3n) is 6.26. The summed E-state index contributed by atoms with van der Waals surface area (Å²) in [7, 11) is 0. The van der Waals surface area contributed by atoms with Crippen molar-refractivity contribution in [2.24, 2.45) is 0 Å². The van der Waals surface area contributed by atoms with E-state index < -0.39 is 0 Å². The largest absolute Gasteiger partial charge is 0.336 e. The van der Waals surface area contributed by atoms with Gasteiger partial charge >= 0.3 is 0 Å². The Morgan fingerprint density at radius 1 is 0.939 bits per heavy atom. The number of hydrogen-bond acceptors (Lipinski definition) is 4. The summed E-state index contributed by atoms with van der Waals surface area (Å²) in [5.41, 5.74) is 4.55. The van der Waals surface area contributed by atoms with Crippen LogP contribution in [-0.2, 0) is 6.54 Å². The first-order valence-electron chi connectivity index (χ1n) is 11.6. The number of rotatable bonds is 5. The fraction of sp³-hybridized carbons (Fsp3) is 0.296. The summed E-state index contributed by atoms with van der Waals surface area (Å²) in [6.45, 7) is 8.25. The number of piperazine rings is 1. The second kappa shape index (κ2) is 9.16. The van der Waals surface area contributed by atoms with E-state index in [2.05, 4.69) is 48.1 Å². The zero-order chi connectivity index (χ0) is 22.8. The summed E-state index contributed by atoms with van der Waals surface area (Å²) < 4.78 is 1.90. The Morgan fingerprint density at radius 2 is 1.61 bits per heavy atom. The minimum Gasteiger partial charge on any atom is -0.336 e. The highest BCUT2D eigenvalue weighted by atomic mass is 16.2. The number of aromatic nitrogens is 3. The number of amides is 1. The minimum atomic E-state index is 0.0576. The van der Waals surface area contributed by atoms with Gasteiger partial charge in [-0.2, -0.15) is 5.10 Å². The van der Waals surface area contributed by atoms with Crippen molar-refractivity contribution >= 4 is 16.9 Å². The highest BCUT2D eigenvalue weighted by Gasteiger charge is 2.26. The molecule has 0 atom stereocenters. The van der Waals surface area contributed by atoms with Crippen LogP contribution >= 0.6 is 0 Å². The van der Waals surface area contributed by atoms with Crippen LogP contribution in [0.4, 0.5) is 0 Å². The second-order valence-corrected chi connectivity index (χ2v) is 8.90. The highest BCUT2D eigenvalue weighted by molar-refractivity contribution is 6.06. The molecule has 1 fully saturated rings. The topological polar surface area (TPSA) is 54.3 Å². The summed E-state index contributed by atoms with van der Waals surface area (Å²) in [6, 6.07) is 22.6. The smallest absolute Gasteiger partial charge is 0.254 e. The van der Waals surface area contributed by atoms with Crippen molar-refractivity contribution < 1.29 is 4.79 Å². The molecule has 1 aliphatic heterocycles. The van der Waals surface area contributed by atoms with E-state index in [0.29, 0.717) is 18.7 Å². The van der Waals surface area contributed by atoms with Crippen molar-refractivity contribution in [1.29, 1.82) is 0 Å². The minimum absolute atomic E-state index is 0.0576. The zero-order valence-electron chi connectivity index (χ0n) is 19.2. The van der Waals surface area contributed by atoms with Crippen molar-refractivity contribution in [3.05, 3.63) is 84.1 Å². The van der Waals surface area contributed by atoms with Gasteiger partial charge in [-0.1, -0.05) is 60.7 Å². The van der Waals surface area contributed by atoms with Gasteiger partial charge < -0.3 is 4.90 Å². The summed E-state index contributed by atoms with van der Waals surface area (Å²) in [5.74, 6) is 0.0576. The Labute approximate surface area is 194 Å². The number of carbonyl (C=O) groups excluding carboxylic acids is 1. The molecule has 6 nitrogen and oxygen atoms in total. The molecule has 6 heteroatoms. The Bertz CT molecular complexity index is 1240. The van der Waals surface area contributed by atoms with Crippen LogP contribution in [0.5, 0.6) is 0 Å². The van der Waals surface area contributed by atoms with Gasteiger partial charge in [0.15, 0.2) is 5.65 Å². The van der Waals surface area contributed by atoms with Crippen molar-refractivity contribution in [1.82, 2.24) is 24.6 Å². The molecule has 2 aromatic heterocycles. The molecule has 1 aliphatic rings. The predicted octanol–water partition coefficient (Wildman–Crippen LogP) is 4.64. The van der Waals surface area contributed by atoms with E-state index in [4.69, 9.17) is 4.98 Å². The maximum absolute atomic E-state index is 13.7. The van der Waals surface area contributed by atoms with Gasteiger partial charge in [-0.15, -0.1) is 0 Å². The molecule has 1 saturated heterocycles. The van der Waals surface area contributed by atoms with Crippen LogP contribution in [0.3, 0.4) is 0 Å². The van der Waals surface area contributed by atoms with Gasteiger partial charge in [0.05, 0.1) is 22.8 Å². The first kappa shape index (κ1) is 21.3. The zero-order valence-corrected chi connectivity index (χ0v) is 19.2. The average molecular weight is 440 g/mol. The molecule has 0 saturated carbocycles. The summed E-state index contributed by atoms with van der Waals surface area (Å²) >= 11 is 0. The molecule has 5 rings (SSSR count). The molecule has 1 amide bonds. The van der Waals surface area contributed by atoms with E-state index in [1.54, 1.807) is 6.20 Å². The van der Waals surface area contributed by atoms with Crippen molar-refractivity contribution in [3.63, 3.8) is 0 Å². The van der Waals surface area contributed by atoms with E-state index in [0.717, 1.165) is 41.9 Å². The third-order valence-corrected chi connectivity index (χ3v) is 6.26. The molecule has 0 unspecified atom stereocenters. The maximum atomic E-state index is 13.7. The lowest BCUT2D eigenvalue weighted by atomic mass is 10.1. The lowest BCUT2D eigenvalue weighted by molar-refractivity contribution is 0.0630. The maximum Gasteiger partial charge on any atom is 0.254 e. The molecule has 2 aromatic carbocycles. The quantitative estimate of drug-likeness (QED) is 0.455. The molecule has 168 valence electrons. The second-order valence-electron chi connectivity index (χ2n) is 8.90. The number of fused-ring (bicyclic) bond motifs is 1. The molecule has 0 spiro atoms. The predicted molar refractivity (Wildman–Crippen MR) is 131 cm³/mol. The van der Waals surface area contributed by atoms with Gasteiger partial charge in [0.2, 0.25) is 0 Å². The summed E-state index contributed by atoms with van der Waals surface area (Å²) in [4.78, 5) is 23.0. The molecule has 33 heavy (non-hydrogen) atoms. The van der Waals surface area contributed by atoms with Crippen LogP contribution in [-0.4, -0.2) is 56.7 Å². The van der Waals surface area contributed by atoms with Crippen molar-refractivity contribution in [3.8, 4) is 11.3 Å². The van der Waals surface area contributed by atoms with Crippen LogP contribution in [0.25, 0.3) is 22.3 Å². The summed E-state index contributed by atoms with van der Waals surface area (Å²) in [6.07, 6.45) is 1.79. The molecule has 3 heterocycles. The van der Waals surface area contributed by atoms with Crippen LogP contribution in [0.15, 0.2) is 72.9 Å². The first-order valence-corrected chi connectivity index (χ1v) is 11.6. The number of nitrogens with zero attached hydrogens (tertiary/aromatic N) is 5. The molecular formula is C27H29N5O. The molecule has 0 bridgehead atoms. The number of hydrogen-bond donors (Lipinski definition) is 0. The average Bonchev–Trinajstić information content (AvgIpc) is 3.29. The van der Waals surface area contributed by atoms with Crippen LogP contribution < -0.4 is 0 Å².